The van der Waals surface area contributed by atoms with Crippen LogP contribution in [-0.2, 0) is 0 Å². The summed E-state index contributed by atoms with van der Waals surface area (Å²) >= 11 is 0. The van der Waals surface area contributed by atoms with Crippen LogP contribution in [0.5, 0.6) is 0 Å². The minimum absolute atomic E-state index is 0.550. The third-order valence-corrected chi connectivity index (χ3v) is 20.4. The van der Waals surface area contributed by atoms with Gasteiger partial charge in [-0.3, -0.25) is 0 Å². The molecule has 3 unspecified atom stereocenters. The molecule has 5 aliphatic rings. The Morgan fingerprint density at radius 2 is 0.699 bits per heavy atom. The van der Waals surface area contributed by atoms with Crippen LogP contribution in [-0.4, -0.2) is 0 Å². The maximum atomic E-state index is 2.40. The Morgan fingerprint density at radius 1 is 0.361 bits per heavy atom. The summed E-state index contributed by atoms with van der Waals surface area (Å²) < 4.78 is 0. The minimum Gasteiger partial charge on any atom is -0.0654 e. The second-order valence-corrected chi connectivity index (χ2v) is 32.4. The Kier molecular flexibility index (Phi) is 73.7. The molecule has 0 aromatic carbocycles. The lowest BCUT2D eigenvalue weighted by atomic mass is 9.74. The quantitative estimate of drug-likeness (QED) is 0.113. The topological polar surface area (TPSA) is 0 Å². The lowest BCUT2D eigenvalue weighted by Crippen LogP contribution is -2.21. The van der Waals surface area contributed by atoms with Gasteiger partial charge < -0.3 is 0 Å². The van der Waals surface area contributed by atoms with Gasteiger partial charge in [-0.25, -0.2) is 0 Å². The van der Waals surface area contributed by atoms with Crippen LogP contribution in [0.25, 0.3) is 0 Å². The van der Waals surface area contributed by atoms with E-state index >= 15 is 0 Å². The van der Waals surface area contributed by atoms with E-state index in [-0.39, 0.29) is 0 Å². The van der Waals surface area contributed by atoms with Gasteiger partial charge in [-0.2, -0.15) is 0 Å². The molecular formula is C83H178. The predicted molar refractivity (Wildman–Crippen MR) is 395 cm³/mol. The van der Waals surface area contributed by atoms with Gasteiger partial charge in [0.15, 0.2) is 0 Å². The van der Waals surface area contributed by atoms with Crippen LogP contribution in [0.4, 0.5) is 0 Å². The SMILES string of the molecule is CC(C)C1CCC1.CC(C)C1CCCC1.CC1CCC(C)(C)CC1.CC1CCCC(C)C1C.CC1CCCC[C@H]1C.CCC(CC)CC.CCCC(C)(C)C.CCCCC(C)C.CCCCC(C)C.CCCCCCC.CCC[C@H](C)CC. The van der Waals surface area contributed by atoms with E-state index in [0.29, 0.717) is 10.8 Å². The molecule has 0 heteroatoms. The maximum Gasteiger partial charge on any atom is -0.0354 e. The largest absolute Gasteiger partial charge is 0.0654 e. The lowest BCUT2D eigenvalue weighted by Gasteiger charge is -2.32. The van der Waals surface area contributed by atoms with Crippen LogP contribution in [0.3, 0.4) is 0 Å². The van der Waals surface area contributed by atoms with Crippen molar-refractivity contribution in [3.8, 4) is 0 Å². The summed E-state index contributed by atoms with van der Waals surface area (Å²) in [6, 6.07) is 0. The van der Waals surface area contributed by atoms with E-state index in [0.717, 1.165) is 82.9 Å². The van der Waals surface area contributed by atoms with E-state index in [4.69, 9.17) is 0 Å². The molecule has 0 amide bonds. The van der Waals surface area contributed by atoms with Crippen molar-refractivity contribution < 1.29 is 0 Å². The zero-order valence-corrected chi connectivity index (χ0v) is 65.2. The summed E-state index contributed by atoms with van der Waals surface area (Å²) in [6.45, 7) is 69.1. The second-order valence-electron chi connectivity index (χ2n) is 32.4. The molecule has 0 spiro atoms. The van der Waals surface area contributed by atoms with E-state index in [1.807, 2.05) is 0 Å². The molecule has 0 aromatic heterocycles. The fourth-order valence-electron chi connectivity index (χ4n) is 11.8. The van der Waals surface area contributed by atoms with Crippen molar-refractivity contribution in [2.45, 2.75) is 445 Å². The Morgan fingerprint density at radius 3 is 0.867 bits per heavy atom. The van der Waals surface area contributed by atoms with E-state index in [1.165, 1.54) is 238 Å². The summed E-state index contributed by atoms with van der Waals surface area (Å²) in [7, 11) is 0. The van der Waals surface area contributed by atoms with E-state index < -0.39 is 0 Å². The monoisotopic (exact) mass is 1180 g/mol. The fourth-order valence-corrected chi connectivity index (χ4v) is 11.8. The molecule has 5 aliphatic carbocycles. The third kappa shape index (κ3) is 72.6. The summed E-state index contributed by atoms with van der Waals surface area (Å²) in [5.74, 6) is 13.7. The van der Waals surface area contributed by atoms with Gasteiger partial charge in [0.2, 0.25) is 0 Å². The molecule has 5 rings (SSSR count). The van der Waals surface area contributed by atoms with Gasteiger partial charge in [-0.15, -0.1) is 0 Å². The summed E-state index contributed by atoms with van der Waals surface area (Å²) in [4.78, 5) is 0. The van der Waals surface area contributed by atoms with Crippen molar-refractivity contribution in [1.82, 2.24) is 0 Å². The van der Waals surface area contributed by atoms with Crippen LogP contribution < -0.4 is 0 Å². The van der Waals surface area contributed by atoms with Crippen LogP contribution in [0, 0.1) is 93.7 Å². The van der Waals surface area contributed by atoms with Crippen LogP contribution in [0.1, 0.15) is 445 Å². The Labute approximate surface area is 536 Å². The number of rotatable bonds is 19. The molecule has 5 saturated carbocycles. The average Bonchev–Trinajstić information content (AvgIpc) is 3.97. The molecular weight excluding hydrogens is 997 g/mol. The highest BCUT2D eigenvalue weighted by molar-refractivity contribution is 4.77. The van der Waals surface area contributed by atoms with E-state index in [9.17, 15) is 0 Å². The highest BCUT2D eigenvalue weighted by atomic mass is 14.3. The Balaban J connectivity index is -0.000000197. The molecule has 83 heavy (non-hydrogen) atoms. The molecule has 0 N–H and O–H groups in total. The highest BCUT2D eigenvalue weighted by Crippen LogP contribution is 2.38. The van der Waals surface area contributed by atoms with Crippen LogP contribution in [0.2, 0.25) is 0 Å². The standard InChI is InChI=1S/2C9H18.2C8H16.C7H14.6C7H16/c1-8-4-6-9(2,3)7-5-8;1-7-5-4-6-8(2)9(7)3;1-7-5-3-4-6-8(7)2;1-7(2)8-5-3-4-6-8;1-6(2)7-4-3-5-7;1-5-6-7(2,3)4;2*1-4-5-6-7(2)3;1-4-6-7(3)5-2;1-4-7(5-2)6-3;1-3-5-7-6-4-2/h8H,4-7H2,1-3H3;7-9H,4-6H2,1-3H3;2*7-8H,3-6H2,1-2H3;6-7H,3-5H2,1-2H3;5-6H2,1-4H3;4*7H,4-6H2,1-3H3;3-7H2,1-2H3/t;;7-,8?;;;;;;7-;;/m..1.....1../s1. The van der Waals surface area contributed by atoms with Gasteiger partial charge in [0.25, 0.3) is 0 Å². The van der Waals surface area contributed by atoms with Gasteiger partial charge in [0, 0.05) is 0 Å². The first-order chi connectivity index (χ1) is 38.9. The zero-order chi connectivity index (χ0) is 65.2. The summed E-state index contributed by atoms with van der Waals surface area (Å²) in [6.07, 6.45) is 52.6. The first-order valence-corrected chi connectivity index (χ1v) is 38.9. The molecule has 510 valence electrons. The number of hydrogen-bond donors (Lipinski definition) is 0. The van der Waals surface area contributed by atoms with Gasteiger partial charge in [-0.05, 0) is 113 Å². The van der Waals surface area contributed by atoms with Crippen LogP contribution in [0.15, 0.2) is 0 Å². The smallest absolute Gasteiger partial charge is 0.0354 e. The molecule has 0 heterocycles. The Bertz CT molecular complexity index is 1090. The lowest BCUT2D eigenvalue weighted by molar-refractivity contribution is 0.197. The van der Waals surface area contributed by atoms with E-state index in [2.05, 4.69) is 208 Å². The summed E-state index contributed by atoms with van der Waals surface area (Å²) in [5, 5.41) is 0. The van der Waals surface area contributed by atoms with E-state index in [1.54, 1.807) is 0 Å². The predicted octanol–water partition coefficient (Wildman–Crippen LogP) is 31.5. The fraction of sp³-hybridized carbons (Fsp3) is 1.00. The van der Waals surface area contributed by atoms with Crippen molar-refractivity contribution in [3.63, 3.8) is 0 Å². The maximum absolute atomic E-state index is 2.40. The average molecular weight is 1180 g/mol. The molecule has 5 atom stereocenters. The van der Waals surface area contributed by atoms with Crippen molar-refractivity contribution in [2.75, 3.05) is 0 Å². The molecule has 0 aliphatic heterocycles. The Hall–Kier alpha value is 0. The molecule has 5 fully saturated rings. The second kappa shape index (κ2) is 65.0. The van der Waals surface area contributed by atoms with Crippen LogP contribution >= 0.6 is 0 Å². The molecule has 0 saturated heterocycles. The van der Waals surface area contributed by atoms with Gasteiger partial charge in [-0.1, -0.05) is 426 Å². The van der Waals surface area contributed by atoms with Gasteiger partial charge in [0.05, 0.1) is 0 Å². The molecule has 0 radical (unpaired) electrons. The van der Waals surface area contributed by atoms with Crippen molar-refractivity contribution in [2.24, 2.45) is 93.7 Å². The summed E-state index contributed by atoms with van der Waals surface area (Å²) in [5.41, 5.74) is 1.21. The van der Waals surface area contributed by atoms with Gasteiger partial charge in [0.1, 0.15) is 0 Å². The van der Waals surface area contributed by atoms with Crippen molar-refractivity contribution >= 4 is 0 Å². The van der Waals surface area contributed by atoms with Crippen molar-refractivity contribution in [3.05, 3.63) is 0 Å². The van der Waals surface area contributed by atoms with Crippen molar-refractivity contribution in [1.29, 1.82) is 0 Å². The highest BCUT2D eigenvalue weighted by Gasteiger charge is 2.25. The number of hydrogen-bond acceptors (Lipinski definition) is 0. The van der Waals surface area contributed by atoms with Gasteiger partial charge >= 0.3 is 0 Å². The minimum atomic E-state index is 0.550. The number of unbranched alkanes of at least 4 members (excludes halogenated alkanes) is 6. The molecule has 0 bridgehead atoms. The normalized spacial score (nSPS) is 21.5. The first-order valence-electron chi connectivity index (χ1n) is 38.9. The third-order valence-electron chi connectivity index (χ3n) is 20.4. The molecule has 0 nitrogen and oxygen atoms in total. The zero-order valence-electron chi connectivity index (χ0n) is 65.2. The first kappa shape index (κ1) is 94.1. The molecule has 0 aromatic rings.